The number of nitrogens with zero attached hydrogens (tertiary/aromatic N) is 2. The highest BCUT2D eigenvalue weighted by Crippen LogP contribution is 2.15. The third-order valence-electron chi connectivity index (χ3n) is 2.08. The van der Waals surface area contributed by atoms with Gasteiger partial charge in [0.15, 0.2) is 5.82 Å². The molecule has 0 atom stereocenters. The van der Waals surface area contributed by atoms with Gasteiger partial charge in [-0.15, -0.1) is 0 Å². The third kappa shape index (κ3) is 2.01. The Kier molecular flexibility index (Phi) is 3.06. The first-order chi connectivity index (χ1) is 6.49. The van der Waals surface area contributed by atoms with E-state index in [1.165, 1.54) is 0 Å². The van der Waals surface area contributed by atoms with E-state index in [1.54, 1.807) is 37.9 Å². The van der Waals surface area contributed by atoms with Crippen molar-refractivity contribution in [2.24, 2.45) is 7.05 Å². The Morgan fingerprint density at radius 2 is 2.29 bits per heavy atom. The predicted octanol–water partition coefficient (Wildman–Crippen LogP) is 1.42. The molecule has 0 saturated heterocycles. The molecule has 0 aromatic carbocycles. The van der Waals surface area contributed by atoms with Crippen LogP contribution in [0.5, 0.6) is 0 Å². The lowest BCUT2D eigenvalue weighted by atomic mass is 10.0. The number of aryl methyl sites for hydroxylation is 1. The van der Waals surface area contributed by atoms with Crippen molar-refractivity contribution in [3.05, 3.63) is 18.2 Å². The van der Waals surface area contributed by atoms with E-state index in [2.05, 4.69) is 4.98 Å². The normalized spacial score (nSPS) is 11.7. The average molecular weight is 196 g/mol. The van der Waals surface area contributed by atoms with Crippen molar-refractivity contribution in [2.45, 2.75) is 26.4 Å². The Labute approximate surface area is 83.9 Å². The van der Waals surface area contributed by atoms with Gasteiger partial charge in [-0.1, -0.05) is 0 Å². The minimum atomic E-state index is -0.798. The largest absolute Gasteiger partial charge is 0.368 e. The maximum atomic E-state index is 11.9. The third-order valence-corrected chi connectivity index (χ3v) is 2.08. The fourth-order valence-corrected chi connectivity index (χ4v) is 1.28. The van der Waals surface area contributed by atoms with Gasteiger partial charge < -0.3 is 9.30 Å². The van der Waals surface area contributed by atoms with Crippen LogP contribution in [0.15, 0.2) is 12.4 Å². The minimum absolute atomic E-state index is 0.0909. The van der Waals surface area contributed by atoms with Gasteiger partial charge in [0, 0.05) is 26.0 Å². The second-order valence-corrected chi connectivity index (χ2v) is 3.63. The highest BCUT2D eigenvalue weighted by atomic mass is 16.5. The molecule has 4 nitrogen and oxygen atoms in total. The molecule has 0 unspecified atom stereocenters. The van der Waals surface area contributed by atoms with Crippen molar-refractivity contribution < 1.29 is 9.53 Å². The van der Waals surface area contributed by atoms with E-state index in [9.17, 15) is 4.79 Å². The summed E-state index contributed by atoms with van der Waals surface area (Å²) < 4.78 is 7.06. The Morgan fingerprint density at radius 3 is 2.71 bits per heavy atom. The van der Waals surface area contributed by atoms with Gasteiger partial charge in [-0.3, -0.25) is 4.79 Å². The Balaban J connectivity index is 2.90. The van der Waals surface area contributed by atoms with Gasteiger partial charge in [-0.05, 0) is 20.8 Å². The van der Waals surface area contributed by atoms with Crippen LogP contribution in [0.25, 0.3) is 0 Å². The summed E-state index contributed by atoms with van der Waals surface area (Å²) in [6, 6.07) is 0. The maximum absolute atomic E-state index is 11.9. The first-order valence-electron chi connectivity index (χ1n) is 4.65. The SMILES string of the molecule is CCOC(C)(C)C(=O)c1nccn1C. The smallest absolute Gasteiger partial charge is 0.229 e. The van der Waals surface area contributed by atoms with Gasteiger partial charge in [0.05, 0.1) is 0 Å². The number of hydrogen-bond acceptors (Lipinski definition) is 3. The summed E-state index contributed by atoms with van der Waals surface area (Å²) in [5.74, 6) is 0.343. The van der Waals surface area contributed by atoms with Crippen molar-refractivity contribution in [1.82, 2.24) is 9.55 Å². The summed E-state index contributed by atoms with van der Waals surface area (Å²) in [7, 11) is 1.79. The average Bonchev–Trinajstić information content (AvgIpc) is 2.50. The van der Waals surface area contributed by atoms with Crippen LogP contribution in [0.2, 0.25) is 0 Å². The van der Waals surface area contributed by atoms with E-state index in [0.717, 1.165) is 0 Å². The quantitative estimate of drug-likeness (QED) is 0.684. The van der Waals surface area contributed by atoms with Crippen LogP contribution in [0.3, 0.4) is 0 Å². The maximum Gasteiger partial charge on any atom is 0.229 e. The molecule has 4 heteroatoms. The topological polar surface area (TPSA) is 44.1 Å². The summed E-state index contributed by atoms with van der Waals surface area (Å²) in [6.07, 6.45) is 3.35. The fraction of sp³-hybridized carbons (Fsp3) is 0.600. The summed E-state index contributed by atoms with van der Waals surface area (Å²) in [4.78, 5) is 15.9. The number of Topliss-reactive ketones (excluding diaryl/α,β-unsaturated/α-hetero) is 1. The van der Waals surface area contributed by atoms with Crippen LogP contribution in [0, 0.1) is 0 Å². The van der Waals surface area contributed by atoms with E-state index < -0.39 is 5.60 Å². The van der Waals surface area contributed by atoms with Crippen LogP contribution >= 0.6 is 0 Å². The van der Waals surface area contributed by atoms with Crippen LogP contribution in [-0.4, -0.2) is 27.5 Å². The van der Waals surface area contributed by atoms with E-state index in [4.69, 9.17) is 4.74 Å². The number of imidazole rings is 1. The van der Waals surface area contributed by atoms with Crippen molar-refractivity contribution in [3.8, 4) is 0 Å². The molecule has 0 radical (unpaired) electrons. The van der Waals surface area contributed by atoms with E-state index in [1.807, 2.05) is 6.92 Å². The van der Waals surface area contributed by atoms with Crippen LogP contribution in [-0.2, 0) is 11.8 Å². The monoisotopic (exact) mass is 196 g/mol. The fourth-order valence-electron chi connectivity index (χ4n) is 1.28. The zero-order valence-corrected chi connectivity index (χ0v) is 9.07. The molecular formula is C10H16N2O2. The molecule has 1 rings (SSSR count). The van der Waals surface area contributed by atoms with Gasteiger partial charge in [0.1, 0.15) is 5.60 Å². The Morgan fingerprint density at radius 1 is 1.64 bits per heavy atom. The molecule has 1 aromatic heterocycles. The molecule has 78 valence electrons. The molecular weight excluding hydrogens is 180 g/mol. The zero-order valence-electron chi connectivity index (χ0n) is 9.07. The van der Waals surface area contributed by atoms with Gasteiger partial charge in [0.2, 0.25) is 5.78 Å². The van der Waals surface area contributed by atoms with Crippen molar-refractivity contribution in [2.75, 3.05) is 6.61 Å². The lowest BCUT2D eigenvalue weighted by molar-refractivity contribution is 0.000227. The second kappa shape index (κ2) is 3.92. The van der Waals surface area contributed by atoms with Gasteiger partial charge in [-0.2, -0.15) is 0 Å². The standard InChI is InChI=1S/C10H16N2O2/c1-5-14-10(2,3)8(13)9-11-6-7-12(9)4/h6-7H,5H2,1-4H3. The van der Waals surface area contributed by atoms with Gasteiger partial charge in [-0.25, -0.2) is 4.98 Å². The number of carbonyl (C=O) groups is 1. The molecule has 0 spiro atoms. The van der Waals surface area contributed by atoms with Gasteiger partial charge in [0.25, 0.3) is 0 Å². The lowest BCUT2D eigenvalue weighted by Gasteiger charge is -2.22. The summed E-state index contributed by atoms with van der Waals surface area (Å²) in [6.45, 7) is 5.90. The highest BCUT2D eigenvalue weighted by Gasteiger charge is 2.31. The van der Waals surface area contributed by atoms with Crippen LogP contribution < -0.4 is 0 Å². The Hall–Kier alpha value is -1.16. The number of carbonyl (C=O) groups excluding carboxylic acids is 1. The lowest BCUT2D eigenvalue weighted by Crippen LogP contribution is -2.36. The molecule has 0 saturated carbocycles. The molecule has 0 amide bonds. The molecule has 0 bridgehead atoms. The highest BCUT2D eigenvalue weighted by molar-refractivity contribution is 5.99. The van der Waals surface area contributed by atoms with Crippen molar-refractivity contribution in [1.29, 1.82) is 0 Å². The number of hydrogen-bond donors (Lipinski definition) is 0. The number of ketones is 1. The van der Waals surface area contributed by atoms with E-state index in [0.29, 0.717) is 12.4 Å². The summed E-state index contributed by atoms with van der Waals surface area (Å²) in [5, 5.41) is 0. The molecule has 0 fully saturated rings. The molecule has 0 aliphatic heterocycles. The summed E-state index contributed by atoms with van der Waals surface area (Å²) in [5.41, 5.74) is -0.798. The van der Waals surface area contributed by atoms with Crippen molar-refractivity contribution >= 4 is 5.78 Å². The second-order valence-electron chi connectivity index (χ2n) is 3.63. The van der Waals surface area contributed by atoms with E-state index in [-0.39, 0.29) is 5.78 Å². The number of ether oxygens (including phenoxy) is 1. The molecule has 14 heavy (non-hydrogen) atoms. The molecule has 1 aromatic rings. The van der Waals surface area contributed by atoms with Crippen molar-refractivity contribution in [3.63, 3.8) is 0 Å². The molecule has 0 aliphatic rings. The first-order valence-corrected chi connectivity index (χ1v) is 4.65. The zero-order chi connectivity index (χ0) is 10.8. The van der Waals surface area contributed by atoms with E-state index >= 15 is 0 Å². The predicted molar refractivity (Wildman–Crippen MR) is 53.2 cm³/mol. The molecule has 1 heterocycles. The number of rotatable bonds is 4. The minimum Gasteiger partial charge on any atom is -0.368 e. The Bertz CT molecular complexity index is 329. The van der Waals surface area contributed by atoms with Crippen LogP contribution in [0.4, 0.5) is 0 Å². The molecule has 0 N–H and O–H groups in total. The summed E-state index contributed by atoms with van der Waals surface area (Å²) >= 11 is 0. The number of aromatic nitrogens is 2. The molecule has 0 aliphatic carbocycles. The first kappa shape index (κ1) is 10.9. The van der Waals surface area contributed by atoms with Gasteiger partial charge >= 0.3 is 0 Å². The van der Waals surface area contributed by atoms with Crippen LogP contribution in [0.1, 0.15) is 31.4 Å².